The minimum Gasteiger partial charge on any atom is -0.463 e. The number of hydrogen-bond donors (Lipinski definition) is 4. The Morgan fingerprint density at radius 2 is 1.96 bits per heavy atom. The molecule has 1 saturated heterocycles. The second-order valence-corrected chi connectivity index (χ2v) is 6.41. The summed E-state index contributed by atoms with van der Waals surface area (Å²) < 4.78 is 46.2. The van der Waals surface area contributed by atoms with Crippen LogP contribution in [0.25, 0.3) is 0 Å². The molecule has 11 heteroatoms. The summed E-state index contributed by atoms with van der Waals surface area (Å²) in [5.41, 5.74) is 0. The smallest absolute Gasteiger partial charge is 0.397 e. The molecule has 0 aromatic heterocycles. The summed E-state index contributed by atoms with van der Waals surface area (Å²) in [4.78, 5) is 11.4. The maximum absolute atomic E-state index is 11.4. The topological polar surface area (TPSA) is 152 Å². The summed E-state index contributed by atoms with van der Waals surface area (Å²) in [5, 5.41) is 22.2. The number of ether oxygens (including phenoxy) is 2. The molecule has 4 N–H and O–H groups in total. The minimum absolute atomic E-state index is 0.362. The average molecular weight is 377 g/mol. The lowest BCUT2D eigenvalue weighted by atomic mass is 9.97. The number of carbonyl (C=O) groups is 1. The molecule has 5 atom stereocenters. The summed E-state index contributed by atoms with van der Waals surface area (Å²) in [6.45, 7) is 0.460. The van der Waals surface area contributed by atoms with Gasteiger partial charge in [-0.15, -0.1) is 0 Å². The monoisotopic (exact) mass is 377 g/mol. The number of benzene rings is 1. The zero-order valence-electron chi connectivity index (χ0n) is 13.2. The van der Waals surface area contributed by atoms with E-state index >= 15 is 0 Å². The molecule has 1 aliphatic heterocycles. The summed E-state index contributed by atoms with van der Waals surface area (Å²) in [6.07, 6.45) is -5.85. The van der Waals surface area contributed by atoms with Gasteiger partial charge < -0.3 is 25.0 Å². The lowest BCUT2D eigenvalue weighted by Gasteiger charge is -2.43. The summed E-state index contributed by atoms with van der Waals surface area (Å²) >= 11 is 0. The predicted molar refractivity (Wildman–Crippen MR) is 82.8 cm³/mol. The number of aliphatic hydroxyl groups is 2. The Bertz CT molecular complexity index is 681. The number of aliphatic hydroxyl groups excluding tert-OH is 2. The van der Waals surface area contributed by atoms with Gasteiger partial charge in [0.2, 0.25) is 12.2 Å². The second-order valence-electron chi connectivity index (χ2n) is 5.36. The number of nitrogens with one attached hydrogen (secondary N) is 1. The Balaban J connectivity index is 2.27. The minimum atomic E-state index is -4.93. The van der Waals surface area contributed by atoms with Crippen LogP contribution in [-0.2, 0) is 24.1 Å². The SMILES string of the molecule is CC(=O)N[C@H]1[C@@H](Oc2ccccc2)O[C@H](CO)[C@H](OS(=O)(=O)O)[C@@H]1O. The van der Waals surface area contributed by atoms with E-state index in [0.717, 1.165) is 0 Å². The lowest BCUT2D eigenvalue weighted by Crippen LogP contribution is -2.66. The van der Waals surface area contributed by atoms with Gasteiger partial charge in [-0.1, -0.05) is 18.2 Å². The van der Waals surface area contributed by atoms with Gasteiger partial charge in [-0.3, -0.25) is 9.35 Å². The summed E-state index contributed by atoms with van der Waals surface area (Å²) in [7, 11) is -4.93. The van der Waals surface area contributed by atoms with E-state index in [2.05, 4.69) is 9.50 Å². The third-order valence-electron chi connectivity index (χ3n) is 3.45. The number of amides is 1. The molecule has 25 heavy (non-hydrogen) atoms. The molecule has 0 saturated carbocycles. The fourth-order valence-electron chi connectivity index (χ4n) is 2.45. The van der Waals surface area contributed by atoms with Crippen LogP contribution in [0.4, 0.5) is 0 Å². The predicted octanol–water partition coefficient (Wildman–Crippen LogP) is -1.16. The second kappa shape index (κ2) is 8.08. The van der Waals surface area contributed by atoms with E-state index in [0.29, 0.717) is 5.75 Å². The van der Waals surface area contributed by atoms with Crippen LogP contribution in [0.3, 0.4) is 0 Å². The molecule has 10 nitrogen and oxygen atoms in total. The molecule has 140 valence electrons. The number of rotatable bonds is 6. The first kappa shape index (κ1) is 19.6. The lowest BCUT2D eigenvalue weighted by molar-refractivity contribution is -0.239. The molecule has 1 aliphatic rings. The zero-order chi connectivity index (χ0) is 18.6. The maximum atomic E-state index is 11.4. The number of para-hydroxylation sites is 1. The van der Waals surface area contributed by atoms with E-state index in [9.17, 15) is 23.4 Å². The molecular formula is C14H19NO9S. The standard InChI is InChI=1S/C14H19NO9S/c1-8(17)15-11-12(18)13(24-25(19,20)21)10(7-16)23-14(11)22-9-5-3-2-4-6-9/h2-6,10-14,16,18H,7H2,1H3,(H,15,17)(H,19,20,21)/t10-,11-,12-,13+,14+/m1/s1. The van der Waals surface area contributed by atoms with E-state index in [1.165, 1.54) is 6.92 Å². The Labute approximate surface area is 144 Å². The van der Waals surface area contributed by atoms with Gasteiger partial charge in [-0.25, -0.2) is 4.18 Å². The van der Waals surface area contributed by atoms with Crippen molar-refractivity contribution in [2.45, 2.75) is 37.6 Å². The highest BCUT2D eigenvalue weighted by Gasteiger charge is 2.49. The van der Waals surface area contributed by atoms with Crippen LogP contribution in [-0.4, -0.2) is 66.3 Å². The van der Waals surface area contributed by atoms with Gasteiger partial charge in [-0.2, -0.15) is 8.42 Å². The summed E-state index contributed by atoms with van der Waals surface area (Å²) in [5.74, 6) is -0.178. The van der Waals surface area contributed by atoms with Gasteiger partial charge in [0, 0.05) is 6.92 Å². The molecule has 0 radical (unpaired) electrons. The van der Waals surface area contributed by atoms with Crippen molar-refractivity contribution in [1.29, 1.82) is 0 Å². The van der Waals surface area contributed by atoms with Crippen molar-refractivity contribution in [3.05, 3.63) is 30.3 Å². The van der Waals surface area contributed by atoms with Gasteiger partial charge in [0.25, 0.3) is 0 Å². The quantitative estimate of drug-likeness (QED) is 0.450. The van der Waals surface area contributed by atoms with Crippen molar-refractivity contribution in [3.8, 4) is 5.75 Å². The Morgan fingerprint density at radius 3 is 2.48 bits per heavy atom. The first-order valence-electron chi connectivity index (χ1n) is 7.30. The normalized spacial score (nSPS) is 29.8. The van der Waals surface area contributed by atoms with Crippen LogP contribution in [0.15, 0.2) is 30.3 Å². The largest absolute Gasteiger partial charge is 0.463 e. The first-order chi connectivity index (χ1) is 11.7. The van der Waals surface area contributed by atoms with Crippen molar-refractivity contribution in [3.63, 3.8) is 0 Å². The number of carbonyl (C=O) groups excluding carboxylic acids is 1. The van der Waals surface area contributed by atoms with Gasteiger partial charge in [0.15, 0.2) is 0 Å². The highest BCUT2D eigenvalue weighted by molar-refractivity contribution is 7.80. The van der Waals surface area contributed by atoms with Crippen molar-refractivity contribution in [2.75, 3.05) is 6.61 Å². The van der Waals surface area contributed by atoms with E-state index in [4.69, 9.17) is 14.0 Å². The van der Waals surface area contributed by atoms with Crippen molar-refractivity contribution in [2.24, 2.45) is 0 Å². The molecule has 2 rings (SSSR count). The average Bonchev–Trinajstić information content (AvgIpc) is 2.53. The molecule has 1 aromatic carbocycles. The van der Waals surface area contributed by atoms with Crippen LogP contribution in [0.1, 0.15) is 6.92 Å². The molecule has 1 fully saturated rings. The van der Waals surface area contributed by atoms with Gasteiger partial charge in [0.05, 0.1) is 6.61 Å². The third kappa shape index (κ3) is 5.36. The zero-order valence-corrected chi connectivity index (χ0v) is 14.0. The molecule has 1 amide bonds. The molecule has 0 unspecified atom stereocenters. The highest BCUT2D eigenvalue weighted by Crippen LogP contribution is 2.27. The third-order valence-corrected chi connectivity index (χ3v) is 3.92. The molecule has 0 spiro atoms. The fourth-order valence-corrected chi connectivity index (χ4v) is 2.97. The Kier molecular flexibility index (Phi) is 6.32. The van der Waals surface area contributed by atoms with Crippen LogP contribution < -0.4 is 10.1 Å². The van der Waals surface area contributed by atoms with E-state index < -0.39 is 53.6 Å². The maximum Gasteiger partial charge on any atom is 0.397 e. The van der Waals surface area contributed by atoms with Gasteiger partial charge in [0.1, 0.15) is 30.1 Å². The summed E-state index contributed by atoms with van der Waals surface area (Å²) in [6, 6.07) is 7.13. The highest BCUT2D eigenvalue weighted by atomic mass is 32.3. The van der Waals surface area contributed by atoms with Crippen molar-refractivity contribution in [1.82, 2.24) is 5.32 Å². The molecule has 0 aliphatic carbocycles. The molecule has 1 heterocycles. The molecule has 0 bridgehead atoms. The van der Waals surface area contributed by atoms with Crippen LogP contribution in [0.5, 0.6) is 5.75 Å². The fraction of sp³-hybridized carbons (Fsp3) is 0.500. The van der Waals surface area contributed by atoms with Crippen molar-refractivity contribution < 1.29 is 41.6 Å². The van der Waals surface area contributed by atoms with Crippen LogP contribution >= 0.6 is 0 Å². The van der Waals surface area contributed by atoms with E-state index in [1.807, 2.05) is 0 Å². The molecule has 1 aromatic rings. The first-order valence-corrected chi connectivity index (χ1v) is 8.66. The van der Waals surface area contributed by atoms with Crippen LogP contribution in [0, 0.1) is 0 Å². The van der Waals surface area contributed by atoms with E-state index in [1.54, 1.807) is 30.3 Å². The van der Waals surface area contributed by atoms with Crippen LogP contribution in [0.2, 0.25) is 0 Å². The van der Waals surface area contributed by atoms with Gasteiger partial charge >= 0.3 is 10.4 Å². The van der Waals surface area contributed by atoms with Crippen molar-refractivity contribution >= 4 is 16.3 Å². The van der Waals surface area contributed by atoms with Gasteiger partial charge in [-0.05, 0) is 12.1 Å². The number of hydrogen-bond acceptors (Lipinski definition) is 8. The van der Waals surface area contributed by atoms with E-state index in [-0.39, 0.29) is 0 Å². The Hall–Kier alpha value is -1.76. The Morgan fingerprint density at radius 1 is 1.32 bits per heavy atom. The molecular weight excluding hydrogens is 358 g/mol.